The third kappa shape index (κ3) is 3.68. The van der Waals surface area contributed by atoms with Gasteiger partial charge in [-0.2, -0.15) is 10.2 Å². The highest BCUT2D eigenvalue weighted by Gasteiger charge is 2.24. The fourth-order valence-corrected chi connectivity index (χ4v) is 2.44. The van der Waals surface area contributed by atoms with E-state index in [1.54, 1.807) is 11.7 Å². The van der Waals surface area contributed by atoms with Crippen LogP contribution in [-0.4, -0.2) is 32.1 Å². The summed E-state index contributed by atoms with van der Waals surface area (Å²) < 4.78 is 8.60. The summed E-state index contributed by atoms with van der Waals surface area (Å²) in [5.74, 6) is -0.301. The van der Waals surface area contributed by atoms with Crippen molar-refractivity contribution < 1.29 is 9.53 Å². The molecule has 0 amide bonds. The van der Waals surface area contributed by atoms with Crippen LogP contribution in [0.2, 0.25) is 5.15 Å². The van der Waals surface area contributed by atoms with Gasteiger partial charge in [-0.15, -0.1) is 0 Å². The van der Waals surface area contributed by atoms with Gasteiger partial charge in [0.05, 0.1) is 18.5 Å². The van der Waals surface area contributed by atoms with Crippen LogP contribution in [0.4, 0.5) is 0 Å². The van der Waals surface area contributed by atoms with E-state index in [0.29, 0.717) is 23.0 Å². The number of aromatic nitrogens is 4. The van der Waals surface area contributed by atoms with Gasteiger partial charge in [-0.3, -0.25) is 9.36 Å². The molecule has 0 N–H and O–H groups in total. The summed E-state index contributed by atoms with van der Waals surface area (Å²) in [6.45, 7) is 4.28. The lowest BCUT2D eigenvalue weighted by Gasteiger charge is -2.06. The van der Waals surface area contributed by atoms with Crippen molar-refractivity contribution >= 4 is 17.6 Å². The van der Waals surface area contributed by atoms with Crippen molar-refractivity contribution in [2.75, 3.05) is 6.61 Å². The molecule has 0 aliphatic heterocycles. The molecule has 120 valence electrons. The summed E-state index contributed by atoms with van der Waals surface area (Å²) in [6, 6.07) is 0. The van der Waals surface area contributed by atoms with Crippen LogP contribution in [-0.2, 0) is 25.3 Å². The van der Waals surface area contributed by atoms with Crippen molar-refractivity contribution in [3.8, 4) is 0 Å². The van der Waals surface area contributed by atoms with E-state index in [-0.39, 0.29) is 5.92 Å². The molecule has 0 fully saturated rings. The molecule has 6 nitrogen and oxygen atoms in total. The monoisotopic (exact) mass is 324 g/mol. The molecule has 2 aromatic rings. The Bertz CT molecular complexity index is 661. The Morgan fingerprint density at radius 3 is 2.73 bits per heavy atom. The number of hydrogen-bond acceptors (Lipinski definition) is 4. The molecule has 0 spiro atoms. The van der Waals surface area contributed by atoms with Crippen molar-refractivity contribution in [2.45, 2.75) is 32.6 Å². The third-order valence-corrected chi connectivity index (χ3v) is 3.79. The maximum Gasteiger partial charge on any atom is 0.343 e. The fraction of sp³-hybridized carbons (Fsp3) is 0.533. The molecule has 0 unspecified atom stereocenters. The number of carbonyl (C=O) groups is 1. The zero-order valence-corrected chi connectivity index (χ0v) is 14.1. The quantitative estimate of drug-likeness (QED) is 0.605. The van der Waals surface area contributed by atoms with E-state index < -0.39 is 5.97 Å². The van der Waals surface area contributed by atoms with E-state index in [2.05, 4.69) is 10.2 Å². The number of esters is 1. The van der Waals surface area contributed by atoms with Crippen LogP contribution in [0.15, 0.2) is 12.4 Å². The summed E-state index contributed by atoms with van der Waals surface area (Å²) in [4.78, 5) is 12.2. The minimum Gasteiger partial charge on any atom is -0.462 e. The molecule has 2 aromatic heterocycles. The molecule has 0 atom stereocenters. The van der Waals surface area contributed by atoms with Gasteiger partial charge in [0.2, 0.25) is 0 Å². The van der Waals surface area contributed by atoms with Crippen LogP contribution in [0.5, 0.6) is 0 Å². The highest BCUT2D eigenvalue weighted by Crippen LogP contribution is 2.26. The number of rotatable bonds is 6. The Balaban J connectivity index is 1.92. The SMILES string of the molecule is CC(C)c1nn(C)c(Cl)c1C(=O)OCCCc1cnn(C)c1. The van der Waals surface area contributed by atoms with E-state index in [9.17, 15) is 4.79 Å². The first-order valence-electron chi connectivity index (χ1n) is 7.27. The van der Waals surface area contributed by atoms with Gasteiger partial charge in [-0.05, 0) is 24.3 Å². The van der Waals surface area contributed by atoms with E-state index in [0.717, 1.165) is 18.4 Å². The van der Waals surface area contributed by atoms with Gasteiger partial charge in [-0.25, -0.2) is 4.79 Å². The predicted molar refractivity (Wildman–Crippen MR) is 84.1 cm³/mol. The van der Waals surface area contributed by atoms with Crippen LogP contribution in [0.1, 0.15) is 47.8 Å². The van der Waals surface area contributed by atoms with Crippen LogP contribution < -0.4 is 0 Å². The maximum atomic E-state index is 12.2. The number of carbonyl (C=O) groups excluding carboxylic acids is 1. The number of ether oxygens (including phenoxy) is 1. The second-order valence-electron chi connectivity index (χ2n) is 5.59. The number of aryl methyl sites for hydroxylation is 3. The maximum absolute atomic E-state index is 12.2. The molecular weight excluding hydrogens is 304 g/mol. The predicted octanol–water partition coefficient (Wildman–Crippen LogP) is 2.72. The Labute approximate surface area is 135 Å². The molecule has 0 aliphatic carbocycles. The van der Waals surface area contributed by atoms with Gasteiger partial charge in [0.15, 0.2) is 0 Å². The fourth-order valence-electron chi connectivity index (χ4n) is 2.23. The van der Waals surface area contributed by atoms with Gasteiger partial charge in [0.25, 0.3) is 0 Å². The summed E-state index contributed by atoms with van der Waals surface area (Å²) in [5, 5.41) is 8.71. The normalized spacial score (nSPS) is 11.2. The van der Waals surface area contributed by atoms with Crippen LogP contribution in [0.3, 0.4) is 0 Å². The first-order valence-corrected chi connectivity index (χ1v) is 7.65. The summed E-state index contributed by atoms with van der Waals surface area (Å²) in [6.07, 6.45) is 5.33. The average molecular weight is 325 g/mol. The second-order valence-corrected chi connectivity index (χ2v) is 5.95. The van der Waals surface area contributed by atoms with E-state index in [4.69, 9.17) is 16.3 Å². The molecular formula is C15H21ClN4O2. The molecule has 0 bridgehead atoms. The molecule has 7 heteroatoms. The first kappa shape index (κ1) is 16.5. The smallest absolute Gasteiger partial charge is 0.343 e. The van der Waals surface area contributed by atoms with Crippen molar-refractivity contribution in [3.63, 3.8) is 0 Å². The van der Waals surface area contributed by atoms with Crippen LogP contribution in [0, 0.1) is 0 Å². The number of hydrogen-bond donors (Lipinski definition) is 0. The summed E-state index contributed by atoms with van der Waals surface area (Å²) in [5.41, 5.74) is 2.17. The largest absolute Gasteiger partial charge is 0.462 e. The zero-order valence-electron chi connectivity index (χ0n) is 13.3. The van der Waals surface area contributed by atoms with Gasteiger partial charge in [0.1, 0.15) is 10.7 Å². The number of halogens is 1. The molecule has 2 rings (SSSR count). The molecule has 0 aromatic carbocycles. The first-order chi connectivity index (χ1) is 10.4. The van der Waals surface area contributed by atoms with Crippen LogP contribution >= 0.6 is 11.6 Å². The Kier molecular flexibility index (Phi) is 5.24. The Morgan fingerprint density at radius 2 is 2.14 bits per heavy atom. The van der Waals surface area contributed by atoms with Gasteiger partial charge in [-0.1, -0.05) is 25.4 Å². The van der Waals surface area contributed by atoms with E-state index in [1.165, 1.54) is 4.68 Å². The van der Waals surface area contributed by atoms with Crippen LogP contribution in [0.25, 0.3) is 0 Å². The zero-order chi connectivity index (χ0) is 16.3. The molecule has 0 saturated carbocycles. The van der Waals surface area contributed by atoms with Crippen molar-refractivity contribution in [1.82, 2.24) is 19.6 Å². The summed E-state index contributed by atoms with van der Waals surface area (Å²) >= 11 is 6.15. The van der Waals surface area contributed by atoms with Gasteiger partial charge >= 0.3 is 5.97 Å². The summed E-state index contributed by atoms with van der Waals surface area (Å²) in [7, 11) is 3.59. The number of nitrogens with zero attached hydrogens (tertiary/aromatic N) is 4. The average Bonchev–Trinajstić information content (AvgIpc) is 3.00. The van der Waals surface area contributed by atoms with E-state index >= 15 is 0 Å². The minimum atomic E-state index is -0.409. The lowest BCUT2D eigenvalue weighted by molar-refractivity contribution is 0.0499. The van der Waals surface area contributed by atoms with Crippen molar-refractivity contribution in [2.24, 2.45) is 14.1 Å². The molecule has 0 radical (unpaired) electrons. The third-order valence-electron chi connectivity index (χ3n) is 3.36. The molecule has 0 saturated heterocycles. The highest BCUT2D eigenvalue weighted by atomic mass is 35.5. The van der Waals surface area contributed by atoms with Crippen molar-refractivity contribution in [1.29, 1.82) is 0 Å². The standard InChI is InChI=1S/C15H21ClN4O2/c1-10(2)13-12(14(16)20(4)18-13)15(21)22-7-5-6-11-8-17-19(3)9-11/h8-10H,5-7H2,1-4H3. The van der Waals surface area contributed by atoms with Gasteiger partial charge < -0.3 is 4.74 Å². The lowest BCUT2D eigenvalue weighted by Crippen LogP contribution is -2.10. The topological polar surface area (TPSA) is 61.9 Å². The second kappa shape index (κ2) is 6.96. The molecule has 2 heterocycles. The Hall–Kier alpha value is -1.82. The van der Waals surface area contributed by atoms with Gasteiger partial charge in [0, 0.05) is 20.3 Å². The molecule has 0 aliphatic rings. The molecule has 22 heavy (non-hydrogen) atoms. The van der Waals surface area contributed by atoms with Crippen molar-refractivity contribution in [3.05, 3.63) is 34.4 Å². The minimum absolute atomic E-state index is 0.108. The van der Waals surface area contributed by atoms with E-state index in [1.807, 2.05) is 33.3 Å². The highest BCUT2D eigenvalue weighted by molar-refractivity contribution is 6.32. The Morgan fingerprint density at radius 1 is 1.41 bits per heavy atom. The lowest BCUT2D eigenvalue weighted by atomic mass is 10.1.